The zero-order chi connectivity index (χ0) is 20.5. The van der Waals surface area contributed by atoms with Gasteiger partial charge in [0, 0.05) is 43.0 Å². The Morgan fingerprint density at radius 2 is 2.20 bits per heavy atom. The number of amidine groups is 1. The SMILES string of the molecule is Cc1cc(C)c2nc3c(cc2c1)CN(Cc1cccnc1)C(=NCC1CCCO1)S3. The monoisotopic (exact) mass is 418 g/mol. The fraction of sp³-hybridized carbons (Fsp3) is 0.375. The molecule has 0 bridgehead atoms. The number of benzene rings is 1. The first-order chi connectivity index (χ1) is 14.7. The van der Waals surface area contributed by atoms with Crippen LogP contribution in [0.3, 0.4) is 0 Å². The molecule has 1 fully saturated rings. The van der Waals surface area contributed by atoms with E-state index in [1.165, 1.54) is 27.6 Å². The highest BCUT2D eigenvalue weighted by atomic mass is 32.2. The van der Waals surface area contributed by atoms with Gasteiger partial charge in [-0.3, -0.25) is 9.98 Å². The lowest BCUT2D eigenvalue weighted by Gasteiger charge is -2.31. The second-order valence-corrected chi connectivity index (χ2v) is 9.14. The molecule has 0 N–H and O–H groups in total. The van der Waals surface area contributed by atoms with Gasteiger partial charge in [-0.2, -0.15) is 0 Å². The molecule has 30 heavy (non-hydrogen) atoms. The first kappa shape index (κ1) is 19.5. The molecule has 5 nitrogen and oxygen atoms in total. The third-order valence-electron chi connectivity index (χ3n) is 5.66. The second-order valence-electron chi connectivity index (χ2n) is 8.18. The van der Waals surface area contributed by atoms with Crippen LogP contribution in [0.5, 0.6) is 0 Å². The van der Waals surface area contributed by atoms with E-state index in [0.29, 0.717) is 6.54 Å². The molecule has 154 valence electrons. The van der Waals surface area contributed by atoms with Crippen molar-refractivity contribution in [1.29, 1.82) is 0 Å². The molecule has 1 saturated heterocycles. The van der Waals surface area contributed by atoms with Crippen LogP contribution in [0.25, 0.3) is 10.9 Å². The third-order valence-corrected chi connectivity index (χ3v) is 6.78. The lowest BCUT2D eigenvalue weighted by atomic mass is 10.1. The molecule has 0 aliphatic carbocycles. The molecule has 4 heterocycles. The first-order valence-corrected chi connectivity index (χ1v) is 11.4. The Bertz CT molecular complexity index is 1090. The molecule has 0 saturated carbocycles. The Morgan fingerprint density at radius 3 is 3.00 bits per heavy atom. The molecular formula is C24H26N4OS. The van der Waals surface area contributed by atoms with E-state index in [0.717, 1.165) is 48.2 Å². The average molecular weight is 419 g/mol. The van der Waals surface area contributed by atoms with Gasteiger partial charge in [0.2, 0.25) is 0 Å². The maximum atomic E-state index is 5.79. The van der Waals surface area contributed by atoms with Gasteiger partial charge in [-0.1, -0.05) is 17.7 Å². The van der Waals surface area contributed by atoms with Gasteiger partial charge < -0.3 is 9.64 Å². The number of rotatable bonds is 4. The van der Waals surface area contributed by atoms with E-state index in [1.807, 2.05) is 18.5 Å². The normalized spacial score (nSPS) is 20.1. The quantitative estimate of drug-likeness (QED) is 0.604. The third kappa shape index (κ3) is 4.07. The summed E-state index contributed by atoms with van der Waals surface area (Å²) in [5.74, 6) is 0. The van der Waals surface area contributed by atoms with E-state index in [4.69, 9.17) is 14.7 Å². The van der Waals surface area contributed by atoms with E-state index in [9.17, 15) is 0 Å². The van der Waals surface area contributed by atoms with E-state index in [1.54, 1.807) is 11.8 Å². The maximum Gasteiger partial charge on any atom is 0.166 e. The summed E-state index contributed by atoms with van der Waals surface area (Å²) in [5, 5.41) is 3.31. The molecule has 1 unspecified atom stereocenters. The second kappa shape index (κ2) is 8.36. The topological polar surface area (TPSA) is 50.6 Å². The number of aryl methyl sites for hydroxylation is 2. The Kier molecular flexibility index (Phi) is 5.44. The average Bonchev–Trinajstić information content (AvgIpc) is 3.25. The highest BCUT2D eigenvalue weighted by Crippen LogP contribution is 2.35. The lowest BCUT2D eigenvalue weighted by Crippen LogP contribution is -2.32. The summed E-state index contributed by atoms with van der Waals surface area (Å²) in [6.45, 7) is 7.45. The molecule has 0 spiro atoms. The molecule has 2 aromatic heterocycles. The van der Waals surface area contributed by atoms with E-state index >= 15 is 0 Å². The van der Waals surface area contributed by atoms with Crippen LogP contribution in [0, 0.1) is 13.8 Å². The van der Waals surface area contributed by atoms with Crippen LogP contribution >= 0.6 is 11.8 Å². The molecule has 0 radical (unpaired) electrons. The number of hydrogen-bond acceptors (Lipinski definition) is 5. The Hall–Kier alpha value is -2.44. The van der Waals surface area contributed by atoms with Gasteiger partial charge in [-0.15, -0.1) is 0 Å². The number of nitrogens with zero attached hydrogens (tertiary/aromatic N) is 4. The van der Waals surface area contributed by atoms with Gasteiger partial charge in [-0.05, 0) is 67.8 Å². The predicted molar refractivity (Wildman–Crippen MR) is 122 cm³/mol. The van der Waals surface area contributed by atoms with Crippen molar-refractivity contribution in [3.8, 4) is 0 Å². The fourth-order valence-electron chi connectivity index (χ4n) is 4.24. The standard InChI is InChI=1S/C24H26N4OS/c1-16-9-17(2)22-19(10-16)11-20-15-28(14-18-5-3-7-25-12-18)24(30-23(20)27-22)26-13-21-6-4-8-29-21/h3,5,7,9-12,21H,4,6,8,13-15H2,1-2H3. The zero-order valence-electron chi connectivity index (χ0n) is 17.5. The number of fused-ring (bicyclic) bond motifs is 2. The maximum absolute atomic E-state index is 5.79. The minimum Gasteiger partial charge on any atom is -0.376 e. The Morgan fingerprint density at radius 1 is 1.27 bits per heavy atom. The van der Waals surface area contributed by atoms with Crippen LogP contribution < -0.4 is 0 Å². The molecular weight excluding hydrogens is 392 g/mol. The summed E-state index contributed by atoms with van der Waals surface area (Å²) in [6.07, 6.45) is 6.23. The van der Waals surface area contributed by atoms with Crippen molar-refractivity contribution in [2.45, 2.75) is 50.9 Å². The van der Waals surface area contributed by atoms with Gasteiger partial charge in [0.1, 0.15) is 5.03 Å². The minimum atomic E-state index is 0.245. The zero-order valence-corrected chi connectivity index (χ0v) is 18.3. The van der Waals surface area contributed by atoms with Crippen molar-refractivity contribution >= 4 is 27.8 Å². The summed E-state index contributed by atoms with van der Waals surface area (Å²) < 4.78 is 5.79. The molecule has 2 aliphatic rings. The molecule has 1 atom stereocenters. The first-order valence-electron chi connectivity index (χ1n) is 10.5. The predicted octanol–water partition coefficient (Wildman–Crippen LogP) is 4.89. The number of hydrogen-bond donors (Lipinski definition) is 0. The van der Waals surface area contributed by atoms with Gasteiger partial charge in [0.15, 0.2) is 5.17 Å². The number of aliphatic imine (C=N–C) groups is 1. The number of aromatic nitrogens is 2. The van der Waals surface area contributed by atoms with Crippen molar-refractivity contribution in [3.63, 3.8) is 0 Å². The van der Waals surface area contributed by atoms with Crippen molar-refractivity contribution in [2.75, 3.05) is 13.2 Å². The van der Waals surface area contributed by atoms with Gasteiger partial charge in [-0.25, -0.2) is 4.98 Å². The minimum absolute atomic E-state index is 0.245. The van der Waals surface area contributed by atoms with Crippen molar-refractivity contribution in [3.05, 3.63) is 65.0 Å². The van der Waals surface area contributed by atoms with Crippen molar-refractivity contribution in [1.82, 2.24) is 14.9 Å². The van der Waals surface area contributed by atoms with E-state index in [2.05, 4.69) is 48.0 Å². The molecule has 0 amide bonds. The number of thioether (sulfide) groups is 1. The molecule has 2 aliphatic heterocycles. The van der Waals surface area contributed by atoms with Crippen molar-refractivity contribution < 1.29 is 4.74 Å². The number of ether oxygens (including phenoxy) is 1. The van der Waals surface area contributed by atoms with Crippen LogP contribution in [0.1, 0.15) is 35.1 Å². The molecule has 3 aromatic rings. The van der Waals surface area contributed by atoms with E-state index < -0.39 is 0 Å². The Balaban J connectivity index is 1.50. The van der Waals surface area contributed by atoms with Crippen LogP contribution in [-0.4, -0.2) is 39.3 Å². The van der Waals surface area contributed by atoms with Crippen LogP contribution in [0.4, 0.5) is 0 Å². The van der Waals surface area contributed by atoms with Crippen molar-refractivity contribution in [2.24, 2.45) is 4.99 Å². The molecule has 6 heteroatoms. The fourth-order valence-corrected chi connectivity index (χ4v) is 5.20. The van der Waals surface area contributed by atoms with Gasteiger partial charge in [0.05, 0.1) is 18.2 Å². The summed E-state index contributed by atoms with van der Waals surface area (Å²) >= 11 is 1.68. The summed E-state index contributed by atoms with van der Waals surface area (Å²) in [4.78, 5) is 16.6. The van der Waals surface area contributed by atoms with Crippen LogP contribution in [0.15, 0.2) is 52.7 Å². The lowest BCUT2D eigenvalue weighted by molar-refractivity contribution is 0.117. The number of pyridine rings is 2. The summed E-state index contributed by atoms with van der Waals surface area (Å²) in [7, 11) is 0. The highest BCUT2D eigenvalue weighted by Gasteiger charge is 2.25. The smallest absolute Gasteiger partial charge is 0.166 e. The van der Waals surface area contributed by atoms with Crippen LogP contribution in [-0.2, 0) is 17.8 Å². The van der Waals surface area contributed by atoms with Crippen LogP contribution in [0.2, 0.25) is 0 Å². The Labute approximate surface area is 181 Å². The van der Waals surface area contributed by atoms with Gasteiger partial charge in [0.25, 0.3) is 0 Å². The highest BCUT2D eigenvalue weighted by molar-refractivity contribution is 8.13. The molecule has 1 aromatic carbocycles. The van der Waals surface area contributed by atoms with Gasteiger partial charge >= 0.3 is 0 Å². The summed E-state index contributed by atoms with van der Waals surface area (Å²) in [5.41, 5.74) is 6.04. The molecule has 5 rings (SSSR count). The van der Waals surface area contributed by atoms with E-state index in [-0.39, 0.29) is 6.10 Å². The summed E-state index contributed by atoms with van der Waals surface area (Å²) in [6, 6.07) is 10.8. The largest absolute Gasteiger partial charge is 0.376 e.